The molecule has 0 bridgehead atoms. The first-order chi connectivity index (χ1) is 55.0. The Labute approximate surface area is 674 Å². The Morgan fingerprint density at radius 2 is 0.460 bits per heavy atom. The van der Waals surface area contributed by atoms with Crippen LogP contribution in [0.2, 0.25) is 0 Å². The van der Waals surface area contributed by atoms with Crippen molar-refractivity contribution in [2.24, 2.45) is 0 Å². The van der Waals surface area contributed by atoms with E-state index < -0.39 is 5.41 Å². The van der Waals surface area contributed by atoms with Gasteiger partial charge in [0.2, 0.25) is 0 Å². The monoisotopic (exact) mass is 1510 g/mol. The van der Waals surface area contributed by atoms with Crippen LogP contribution in [-0.2, 0) is 38.9 Å². The third-order valence-corrected chi connectivity index (χ3v) is 27.0. The van der Waals surface area contributed by atoms with Crippen molar-refractivity contribution in [3.63, 3.8) is 0 Å². The number of hydrogen-bond donors (Lipinski definition) is 0. The quantitative estimate of drug-likeness (QED) is 0.154. The van der Waals surface area contributed by atoms with Gasteiger partial charge in [0.25, 0.3) is 0 Å². The van der Waals surface area contributed by atoms with Crippen LogP contribution < -0.4 is 4.90 Å². The first-order valence-corrected chi connectivity index (χ1v) is 40.9. The SMILES string of the molecule is CC1(C)c2ccccc2-c2ccc(Cc3ccc(-c4ccccc4)cc3)cc21.CC1(C)c2ccccc2-c2ccc(N(c3ccc(-c4ccccc4)cc3)c3ccc4c(c3)C3(c5ccccc5-4)c4ccccc4C(C)(C)c4ccccc43)cc21.CC1(C)c2ccccc2C2(c3ccccc3-c3ccc(Br)cc32)c2ccccc21. The Balaban J connectivity index is 0.000000122. The summed E-state index contributed by atoms with van der Waals surface area (Å²) < 4.78 is 1.13. The molecule has 2 heteroatoms. The molecule has 22 rings (SSSR count). The highest BCUT2D eigenvalue weighted by Gasteiger charge is 2.55. The molecule has 0 amide bonds. The maximum absolute atomic E-state index is 3.76. The van der Waals surface area contributed by atoms with Crippen molar-refractivity contribution in [3.05, 3.63) is 481 Å². The van der Waals surface area contributed by atoms with Gasteiger partial charge in [-0.3, -0.25) is 0 Å². The second-order valence-electron chi connectivity index (χ2n) is 33.9. The third-order valence-electron chi connectivity index (χ3n) is 26.5. The standard InChI is InChI=1S/C55H43N.C28H21Br.C28H24/c1-53(2)45-20-10-8-18-41(45)43-32-30-39(34-51(43)53)56(38-28-26-37(27-29-38)36-16-6-5-7-17-36)40-31-33-44-42-19-9-11-21-46(42)55(52(44)35-40)49-24-14-12-22-47(49)54(3,4)48-23-13-15-25-50(48)55;1-27(2)22-11-5-7-13-24(22)28(25-14-8-6-12-23(25)27)21-10-4-3-9-19(21)20-16-15-18(29)17-26(20)28;1-28(2)26-11-7-6-10-24(26)25-17-14-21(19-27(25)28)18-20-12-15-23(16-13-20)22-8-4-3-5-9-22/h5-35H,1-4H3;3-17H,1-2H3;3-17,19H,18H2,1-2H3. The molecule has 6 aliphatic rings. The van der Waals surface area contributed by atoms with Gasteiger partial charge in [-0.1, -0.05) is 399 Å². The predicted octanol–water partition coefficient (Wildman–Crippen LogP) is 28.8. The number of rotatable bonds is 7. The van der Waals surface area contributed by atoms with Gasteiger partial charge in [0.15, 0.2) is 0 Å². The lowest BCUT2D eigenvalue weighted by Gasteiger charge is -2.46. The first kappa shape index (κ1) is 70.0. The lowest BCUT2D eigenvalue weighted by Crippen LogP contribution is -2.40. The molecule has 0 aromatic heterocycles. The van der Waals surface area contributed by atoms with E-state index in [1.807, 2.05) is 0 Å². The average molecular weight is 1520 g/mol. The van der Waals surface area contributed by atoms with Gasteiger partial charge in [-0.25, -0.2) is 0 Å². The van der Waals surface area contributed by atoms with E-state index in [0.29, 0.717) is 0 Å². The highest BCUT2D eigenvalue weighted by Crippen LogP contribution is 2.65. The Bertz CT molecular complexity index is 6370. The van der Waals surface area contributed by atoms with Crippen LogP contribution in [0.25, 0.3) is 66.8 Å². The smallest absolute Gasteiger partial charge is 0.0720 e. The fourth-order valence-electron chi connectivity index (χ4n) is 21.1. The van der Waals surface area contributed by atoms with E-state index in [2.05, 4.69) is 452 Å². The van der Waals surface area contributed by atoms with Gasteiger partial charge in [-0.15, -0.1) is 0 Å². The van der Waals surface area contributed by atoms with Crippen molar-refractivity contribution < 1.29 is 0 Å². The van der Waals surface area contributed by atoms with E-state index in [0.717, 1.165) is 28.0 Å². The van der Waals surface area contributed by atoms with Crippen molar-refractivity contribution in [1.29, 1.82) is 0 Å². The second kappa shape index (κ2) is 26.5. The zero-order chi connectivity index (χ0) is 76.8. The molecule has 0 fully saturated rings. The molecule has 0 N–H and O–H groups in total. The van der Waals surface area contributed by atoms with Gasteiger partial charge >= 0.3 is 0 Å². The minimum absolute atomic E-state index is 0.0395. The molecule has 16 aromatic rings. The number of anilines is 3. The molecule has 1 nitrogen and oxygen atoms in total. The molecule has 6 aliphatic carbocycles. The van der Waals surface area contributed by atoms with Gasteiger partial charge in [-0.2, -0.15) is 0 Å². The normalized spacial score (nSPS) is 15.4. The number of benzene rings is 16. The molecule has 16 aromatic carbocycles. The van der Waals surface area contributed by atoms with Crippen LogP contribution in [0.3, 0.4) is 0 Å². The van der Waals surface area contributed by atoms with Crippen LogP contribution in [-0.4, -0.2) is 0 Å². The van der Waals surface area contributed by atoms with Crippen molar-refractivity contribution in [1.82, 2.24) is 0 Å². The summed E-state index contributed by atoms with van der Waals surface area (Å²) >= 11 is 3.76. The Hall–Kier alpha value is -12.2. The van der Waals surface area contributed by atoms with Crippen molar-refractivity contribution in [2.75, 3.05) is 4.90 Å². The van der Waals surface area contributed by atoms with Gasteiger partial charge in [-0.05, 0) is 222 Å². The molecule has 0 heterocycles. The zero-order valence-corrected chi connectivity index (χ0v) is 66.9. The largest absolute Gasteiger partial charge is 0.310 e. The van der Waals surface area contributed by atoms with Crippen LogP contribution in [0.1, 0.15) is 156 Å². The Kier molecular flexibility index (Phi) is 16.4. The van der Waals surface area contributed by atoms with Crippen LogP contribution in [0.4, 0.5) is 17.1 Å². The summed E-state index contributed by atoms with van der Waals surface area (Å²) in [5.74, 6) is 0. The topological polar surface area (TPSA) is 3.24 Å². The molecule has 544 valence electrons. The van der Waals surface area contributed by atoms with Gasteiger partial charge in [0, 0.05) is 43.2 Å². The number of fused-ring (bicyclic) bond motifs is 24. The van der Waals surface area contributed by atoms with E-state index in [9.17, 15) is 0 Å². The van der Waals surface area contributed by atoms with Crippen LogP contribution in [0, 0.1) is 0 Å². The van der Waals surface area contributed by atoms with Gasteiger partial charge in [0.1, 0.15) is 0 Å². The maximum Gasteiger partial charge on any atom is 0.0720 e. The van der Waals surface area contributed by atoms with Crippen LogP contribution in [0.15, 0.2) is 381 Å². The van der Waals surface area contributed by atoms with Gasteiger partial charge in [0.05, 0.1) is 10.8 Å². The molecule has 0 unspecified atom stereocenters. The first-order valence-electron chi connectivity index (χ1n) is 40.1. The van der Waals surface area contributed by atoms with Crippen molar-refractivity contribution in [2.45, 2.75) is 94.3 Å². The molecule has 0 aliphatic heterocycles. The minimum Gasteiger partial charge on any atom is -0.310 e. The molecule has 0 saturated carbocycles. The molecule has 2 spiro atoms. The van der Waals surface area contributed by atoms with Crippen molar-refractivity contribution >= 4 is 33.0 Å². The van der Waals surface area contributed by atoms with Crippen molar-refractivity contribution in [3.8, 4) is 66.8 Å². The lowest BCUT2D eigenvalue weighted by atomic mass is 9.55. The third kappa shape index (κ3) is 10.6. The highest BCUT2D eigenvalue weighted by atomic mass is 79.9. The molecule has 113 heavy (non-hydrogen) atoms. The minimum atomic E-state index is -0.463. The molecule has 0 radical (unpaired) electrons. The summed E-state index contributed by atoms with van der Waals surface area (Å²) in [4.78, 5) is 2.48. The maximum atomic E-state index is 3.76. The average Bonchev–Trinajstić information content (AvgIpc) is 1.57. The highest BCUT2D eigenvalue weighted by molar-refractivity contribution is 9.10. The summed E-state index contributed by atoms with van der Waals surface area (Å²) in [5.41, 5.74) is 43.2. The Morgan fingerprint density at radius 3 is 0.885 bits per heavy atom. The summed E-state index contributed by atoms with van der Waals surface area (Å²) in [6.07, 6.45) is 0.967. The van der Waals surface area contributed by atoms with E-state index in [4.69, 9.17) is 0 Å². The summed E-state index contributed by atoms with van der Waals surface area (Å²) in [5, 5.41) is 0. The molecule has 0 saturated heterocycles. The van der Waals surface area contributed by atoms with Gasteiger partial charge < -0.3 is 4.90 Å². The van der Waals surface area contributed by atoms with E-state index >= 15 is 0 Å². The summed E-state index contributed by atoms with van der Waals surface area (Å²) in [7, 11) is 0. The second-order valence-corrected chi connectivity index (χ2v) is 34.8. The molecular formula is C111H88BrN. The van der Waals surface area contributed by atoms with E-state index in [1.54, 1.807) is 0 Å². The zero-order valence-electron chi connectivity index (χ0n) is 65.3. The summed E-state index contributed by atoms with van der Waals surface area (Å²) in [6, 6.07) is 140. The summed E-state index contributed by atoms with van der Waals surface area (Å²) in [6.45, 7) is 18.9. The fourth-order valence-corrected chi connectivity index (χ4v) is 21.4. The molecular weight excluding hydrogens is 1430 g/mol. The lowest BCUT2D eigenvalue weighted by molar-refractivity contribution is 0.563. The number of nitrogens with zero attached hydrogens (tertiary/aromatic N) is 1. The van der Waals surface area contributed by atoms with Crippen LogP contribution in [0.5, 0.6) is 0 Å². The number of halogens is 1. The molecule has 0 atom stereocenters. The number of hydrogen-bond acceptors (Lipinski definition) is 1. The Morgan fingerprint density at radius 1 is 0.195 bits per heavy atom. The van der Waals surface area contributed by atoms with E-state index in [1.165, 1.54) is 167 Å². The van der Waals surface area contributed by atoms with Crippen LogP contribution >= 0.6 is 15.9 Å². The fraction of sp³-hybridized carbons (Fsp3) is 0.135. The predicted molar refractivity (Wildman–Crippen MR) is 476 cm³/mol. The van der Waals surface area contributed by atoms with E-state index in [-0.39, 0.29) is 27.1 Å².